The van der Waals surface area contributed by atoms with Gasteiger partial charge in [-0.25, -0.2) is 4.79 Å². The normalized spacial score (nSPS) is 10.6. The molecule has 2 rings (SSSR count). The van der Waals surface area contributed by atoms with Crippen LogP contribution in [0.3, 0.4) is 0 Å². The number of hydrogen-bond acceptors (Lipinski definition) is 3. The first-order chi connectivity index (χ1) is 13.3. The molecule has 0 aliphatic rings. The van der Waals surface area contributed by atoms with Gasteiger partial charge in [-0.2, -0.15) is 0 Å². The van der Waals surface area contributed by atoms with Gasteiger partial charge < -0.3 is 15.5 Å². The second kappa shape index (κ2) is 10.1. The second-order valence-corrected chi connectivity index (χ2v) is 6.79. The number of phenols is 1. The Morgan fingerprint density at radius 1 is 1.07 bits per heavy atom. The fourth-order valence-electron chi connectivity index (χ4n) is 2.61. The van der Waals surface area contributed by atoms with Crippen molar-refractivity contribution >= 4 is 23.6 Å². The number of carboxylic acids is 1. The van der Waals surface area contributed by atoms with Crippen molar-refractivity contribution in [2.75, 3.05) is 5.32 Å². The van der Waals surface area contributed by atoms with Crippen molar-refractivity contribution in [3.63, 3.8) is 0 Å². The van der Waals surface area contributed by atoms with E-state index in [1.165, 1.54) is 11.6 Å². The Bertz CT molecular complexity index is 891. The summed E-state index contributed by atoms with van der Waals surface area (Å²) in [5.41, 5.74) is 4.50. The van der Waals surface area contributed by atoms with Crippen molar-refractivity contribution in [1.29, 1.82) is 0 Å². The lowest BCUT2D eigenvalue weighted by Crippen LogP contribution is -2.14. The van der Waals surface area contributed by atoms with Crippen LogP contribution in [-0.2, 0) is 22.4 Å². The van der Waals surface area contributed by atoms with Crippen molar-refractivity contribution in [3.8, 4) is 5.75 Å². The van der Waals surface area contributed by atoms with Crippen LogP contribution in [0.2, 0.25) is 0 Å². The van der Waals surface area contributed by atoms with Crippen LogP contribution in [0.1, 0.15) is 37.0 Å². The summed E-state index contributed by atoms with van der Waals surface area (Å²) in [6.07, 6.45) is 6.20. The summed E-state index contributed by atoms with van der Waals surface area (Å²) < 4.78 is 0. The van der Waals surface area contributed by atoms with E-state index < -0.39 is 5.97 Å². The molecule has 0 saturated carbocycles. The van der Waals surface area contributed by atoms with Crippen LogP contribution < -0.4 is 5.32 Å². The van der Waals surface area contributed by atoms with Crippen LogP contribution in [0.15, 0.2) is 60.2 Å². The molecule has 1 amide bonds. The Balaban J connectivity index is 2.13. The number of carbonyl (C=O) groups excluding carboxylic acids is 1. The van der Waals surface area contributed by atoms with Gasteiger partial charge in [0.05, 0.1) is 0 Å². The molecule has 0 unspecified atom stereocenters. The zero-order valence-electron chi connectivity index (χ0n) is 16.1. The molecule has 2 aromatic carbocycles. The quantitative estimate of drug-likeness (QED) is 0.463. The molecule has 5 heteroatoms. The zero-order valence-corrected chi connectivity index (χ0v) is 16.1. The summed E-state index contributed by atoms with van der Waals surface area (Å²) in [4.78, 5) is 23.2. The molecule has 0 bridgehead atoms. The first-order valence-corrected chi connectivity index (χ1v) is 9.08. The molecule has 3 N–H and O–H groups in total. The fourth-order valence-corrected chi connectivity index (χ4v) is 2.61. The number of aryl methyl sites for hydroxylation is 1. The van der Waals surface area contributed by atoms with Gasteiger partial charge in [0.1, 0.15) is 5.75 Å². The highest BCUT2D eigenvalue weighted by Gasteiger charge is 2.08. The van der Waals surface area contributed by atoms with Gasteiger partial charge in [-0.05, 0) is 67.7 Å². The molecule has 0 fully saturated rings. The largest absolute Gasteiger partial charge is 0.508 e. The third-order valence-corrected chi connectivity index (χ3v) is 4.13. The number of hydrogen-bond donors (Lipinski definition) is 3. The fraction of sp³-hybridized carbons (Fsp3) is 0.217. The number of anilines is 1. The minimum atomic E-state index is -1.02. The Labute approximate surface area is 165 Å². The van der Waals surface area contributed by atoms with Crippen LogP contribution in [0.5, 0.6) is 5.75 Å². The maximum atomic E-state index is 12.4. The number of carbonyl (C=O) groups is 2. The van der Waals surface area contributed by atoms with Crippen LogP contribution >= 0.6 is 0 Å². The lowest BCUT2D eigenvalue weighted by molar-refractivity contribution is -0.131. The number of rotatable bonds is 8. The molecular formula is C23H25NO4. The average Bonchev–Trinajstić information content (AvgIpc) is 2.65. The summed E-state index contributed by atoms with van der Waals surface area (Å²) in [6, 6.07) is 12.3. The van der Waals surface area contributed by atoms with E-state index >= 15 is 0 Å². The number of carboxylic acid groups (broad SMARTS) is 1. The molecular weight excluding hydrogens is 354 g/mol. The van der Waals surface area contributed by atoms with Crippen molar-refractivity contribution in [3.05, 3.63) is 76.9 Å². The molecule has 0 heterocycles. The van der Waals surface area contributed by atoms with Gasteiger partial charge in [-0.3, -0.25) is 4.79 Å². The molecule has 0 atom stereocenters. The third kappa shape index (κ3) is 7.11. The molecule has 0 saturated heterocycles. The zero-order chi connectivity index (χ0) is 20.5. The van der Waals surface area contributed by atoms with E-state index in [0.717, 1.165) is 17.2 Å². The number of nitrogens with one attached hydrogen (secondary N) is 1. The first kappa shape index (κ1) is 21.0. The van der Waals surface area contributed by atoms with Crippen molar-refractivity contribution in [2.24, 2.45) is 0 Å². The highest BCUT2D eigenvalue weighted by molar-refractivity contribution is 5.92. The van der Waals surface area contributed by atoms with E-state index in [4.69, 9.17) is 5.11 Å². The number of benzene rings is 2. The smallest absolute Gasteiger partial charge is 0.328 e. The minimum absolute atomic E-state index is 0.120. The monoisotopic (exact) mass is 379 g/mol. The van der Waals surface area contributed by atoms with E-state index in [1.54, 1.807) is 30.3 Å². The highest BCUT2D eigenvalue weighted by Crippen LogP contribution is 2.21. The summed E-state index contributed by atoms with van der Waals surface area (Å²) in [5, 5.41) is 21.1. The van der Waals surface area contributed by atoms with E-state index in [2.05, 4.69) is 11.4 Å². The topological polar surface area (TPSA) is 86.6 Å². The molecule has 5 nitrogen and oxygen atoms in total. The lowest BCUT2D eigenvalue weighted by Gasteiger charge is -2.12. The Hall–Kier alpha value is -3.34. The van der Waals surface area contributed by atoms with Gasteiger partial charge in [-0.15, -0.1) is 0 Å². The number of phenolic OH excluding ortho intramolecular Hbond substituents is 1. The standard InChI is InChI=1S/C23H25NO4/c1-16(2)3-9-19-10-4-18(8-14-23(27)28)15-21(19)24-22(26)13-7-17-5-11-20(25)12-6-17/h3-6,8,10-12,14-15,25H,7,9,13H2,1-2H3,(H,24,26)(H,27,28)/b14-8+. The van der Waals surface area contributed by atoms with Crippen LogP contribution in [0, 0.1) is 0 Å². The van der Waals surface area contributed by atoms with E-state index in [0.29, 0.717) is 30.5 Å². The molecule has 28 heavy (non-hydrogen) atoms. The van der Waals surface area contributed by atoms with Gasteiger partial charge in [-0.1, -0.05) is 35.9 Å². The van der Waals surface area contributed by atoms with Gasteiger partial charge in [0, 0.05) is 18.2 Å². The molecule has 0 spiro atoms. The van der Waals surface area contributed by atoms with Crippen LogP contribution in [0.25, 0.3) is 6.08 Å². The van der Waals surface area contributed by atoms with Crippen molar-refractivity contribution in [2.45, 2.75) is 33.1 Å². The van der Waals surface area contributed by atoms with Gasteiger partial charge in [0.2, 0.25) is 5.91 Å². The van der Waals surface area contributed by atoms with E-state index in [1.807, 2.05) is 26.0 Å². The minimum Gasteiger partial charge on any atom is -0.508 e. The lowest BCUT2D eigenvalue weighted by atomic mass is 10.0. The summed E-state index contributed by atoms with van der Waals surface area (Å²) in [6.45, 7) is 4.03. The van der Waals surface area contributed by atoms with Gasteiger partial charge >= 0.3 is 5.97 Å². The first-order valence-electron chi connectivity index (χ1n) is 9.08. The summed E-state index contributed by atoms with van der Waals surface area (Å²) >= 11 is 0. The van der Waals surface area contributed by atoms with Crippen LogP contribution in [0.4, 0.5) is 5.69 Å². The Kier molecular flexibility index (Phi) is 7.57. The van der Waals surface area contributed by atoms with Gasteiger partial charge in [0.15, 0.2) is 0 Å². The maximum absolute atomic E-state index is 12.4. The van der Waals surface area contributed by atoms with E-state index in [-0.39, 0.29) is 11.7 Å². The third-order valence-electron chi connectivity index (χ3n) is 4.13. The summed E-state index contributed by atoms with van der Waals surface area (Å²) in [5.74, 6) is -0.942. The van der Waals surface area contributed by atoms with Crippen molar-refractivity contribution in [1.82, 2.24) is 0 Å². The summed E-state index contributed by atoms with van der Waals surface area (Å²) in [7, 11) is 0. The molecule has 2 aromatic rings. The molecule has 0 aliphatic carbocycles. The Morgan fingerprint density at radius 2 is 1.79 bits per heavy atom. The van der Waals surface area contributed by atoms with E-state index in [9.17, 15) is 14.7 Å². The molecule has 0 aromatic heterocycles. The second-order valence-electron chi connectivity index (χ2n) is 6.79. The maximum Gasteiger partial charge on any atom is 0.328 e. The molecule has 0 aliphatic heterocycles. The predicted octanol–water partition coefficient (Wildman–Crippen LogP) is 4.57. The molecule has 0 radical (unpaired) electrons. The Morgan fingerprint density at radius 3 is 2.43 bits per heavy atom. The number of aliphatic carboxylic acids is 1. The van der Waals surface area contributed by atoms with Crippen molar-refractivity contribution < 1.29 is 19.8 Å². The number of aromatic hydroxyl groups is 1. The average molecular weight is 379 g/mol. The predicted molar refractivity (Wildman–Crippen MR) is 111 cm³/mol. The number of allylic oxidation sites excluding steroid dienone is 2. The van der Waals surface area contributed by atoms with Crippen LogP contribution in [-0.4, -0.2) is 22.1 Å². The highest BCUT2D eigenvalue weighted by atomic mass is 16.4. The van der Waals surface area contributed by atoms with Gasteiger partial charge in [0.25, 0.3) is 0 Å². The number of amides is 1. The SMILES string of the molecule is CC(C)=CCc1ccc(/C=C/C(=O)O)cc1NC(=O)CCc1ccc(O)cc1. The molecule has 146 valence electrons.